The van der Waals surface area contributed by atoms with Gasteiger partial charge in [-0.1, -0.05) is 38.1 Å². The first-order chi connectivity index (χ1) is 14.8. The second-order valence-electron chi connectivity index (χ2n) is 7.29. The first kappa shape index (κ1) is 22.3. The highest BCUT2D eigenvalue weighted by Gasteiger charge is 2.19. The molecular formula is C23H25N3O4S. The number of sulfonamides is 1. The molecule has 0 bridgehead atoms. The summed E-state index contributed by atoms with van der Waals surface area (Å²) in [6.45, 7) is 5.79. The summed E-state index contributed by atoms with van der Waals surface area (Å²) in [6, 6.07) is 18.4. The van der Waals surface area contributed by atoms with Gasteiger partial charge in [-0.2, -0.15) is 0 Å². The summed E-state index contributed by atoms with van der Waals surface area (Å²) in [5.41, 5.74) is 1.49. The number of hydrogen-bond acceptors (Lipinski definition) is 5. The van der Waals surface area contributed by atoms with Gasteiger partial charge in [-0.25, -0.2) is 13.4 Å². The summed E-state index contributed by atoms with van der Waals surface area (Å²) in [4.78, 5) is 16.6. The van der Waals surface area contributed by atoms with Gasteiger partial charge in [0.05, 0.1) is 4.90 Å². The maximum Gasteiger partial charge on any atom is 0.265 e. The number of pyridine rings is 1. The quantitative estimate of drug-likeness (QED) is 0.542. The molecule has 0 aliphatic heterocycles. The summed E-state index contributed by atoms with van der Waals surface area (Å²) < 4.78 is 33.2. The zero-order valence-corrected chi connectivity index (χ0v) is 18.4. The number of carbonyl (C=O) groups excluding carboxylic acids is 1. The monoisotopic (exact) mass is 439 g/mol. The maximum absolute atomic E-state index is 12.5. The number of amides is 1. The SMILES string of the molecule is CC(C)c1ccccc1O[C@@H](C)C(=O)Nc1ccc(S(=O)(=O)Nc2ccccn2)cc1. The summed E-state index contributed by atoms with van der Waals surface area (Å²) in [5, 5.41) is 2.75. The van der Waals surface area contributed by atoms with Crippen LogP contribution in [0.4, 0.5) is 11.5 Å². The van der Waals surface area contributed by atoms with E-state index in [4.69, 9.17) is 4.74 Å². The molecule has 2 N–H and O–H groups in total. The molecule has 1 amide bonds. The van der Waals surface area contributed by atoms with Gasteiger partial charge in [0, 0.05) is 11.9 Å². The van der Waals surface area contributed by atoms with E-state index in [9.17, 15) is 13.2 Å². The number of aromatic nitrogens is 1. The highest BCUT2D eigenvalue weighted by molar-refractivity contribution is 7.92. The average Bonchev–Trinajstić information content (AvgIpc) is 2.74. The molecule has 3 rings (SSSR count). The van der Waals surface area contributed by atoms with Crippen molar-refractivity contribution in [3.63, 3.8) is 0 Å². The van der Waals surface area contributed by atoms with Gasteiger partial charge >= 0.3 is 0 Å². The van der Waals surface area contributed by atoms with E-state index in [1.807, 2.05) is 24.3 Å². The number of anilines is 2. The summed E-state index contributed by atoms with van der Waals surface area (Å²) in [7, 11) is -3.78. The topological polar surface area (TPSA) is 97.4 Å². The van der Waals surface area contributed by atoms with Crippen LogP contribution in [-0.2, 0) is 14.8 Å². The van der Waals surface area contributed by atoms with Crippen molar-refractivity contribution in [2.75, 3.05) is 10.0 Å². The Balaban J connectivity index is 1.65. The highest BCUT2D eigenvalue weighted by Crippen LogP contribution is 2.27. The minimum atomic E-state index is -3.78. The van der Waals surface area contributed by atoms with Crippen molar-refractivity contribution in [1.29, 1.82) is 0 Å². The van der Waals surface area contributed by atoms with E-state index in [1.165, 1.54) is 30.5 Å². The number of nitrogens with one attached hydrogen (secondary N) is 2. The van der Waals surface area contributed by atoms with E-state index >= 15 is 0 Å². The van der Waals surface area contributed by atoms with E-state index in [1.54, 1.807) is 25.1 Å². The Morgan fingerprint density at radius 3 is 2.26 bits per heavy atom. The third-order valence-corrected chi connectivity index (χ3v) is 5.92. The molecule has 0 aliphatic rings. The molecule has 3 aromatic rings. The van der Waals surface area contributed by atoms with Crippen LogP contribution in [-0.4, -0.2) is 25.4 Å². The van der Waals surface area contributed by atoms with Crippen molar-refractivity contribution in [2.45, 2.75) is 37.7 Å². The number of ether oxygens (including phenoxy) is 1. The van der Waals surface area contributed by atoms with E-state index in [-0.39, 0.29) is 22.5 Å². The molecule has 0 spiro atoms. The lowest BCUT2D eigenvalue weighted by molar-refractivity contribution is -0.122. The Hall–Kier alpha value is -3.39. The molecule has 2 aromatic carbocycles. The Bertz CT molecular complexity index is 1130. The van der Waals surface area contributed by atoms with Crippen LogP contribution in [0, 0.1) is 0 Å². The molecule has 0 saturated carbocycles. The van der Waals surface area contributed by atoms with Crippen LogP contribution < -0.4 is 14.8 Å². The van der Waals surface area contributed by atoms with Gasteiger partial charge in [0.15, 0.2) is 6.10 Å². The van der Waals surface area contributed by atoms with Gasteiger partial charge in [-0.05, 0) is 60.9 Å². The summed E-state index contributed by atoms with van der Waals surface area (Å²) in [6.07, 6.45) is 0.772. The molecular weight excluding hydrogens is 414 g/mol. The van der Waals surface area contributed by atoms with Crippen LogP contribution in [0.2, 0.25) is 0 Å². The normalized spacial score (nSPS) is 12.3. The summed E-state index contributed by atoms with van der Waals surface area (Å²) >= 11 is 0. The number of hydrogen-bond donors (Lipinski definition) is 2. The lowest BCUT2D eigenvalue weighted by atomic mass is 10.0. The van der Waals surface area contributed by atoms with Crippen molar-refractivity contribution in [1.82, 2.24) is 4.98 Å². The van der Waals surface area contributed by atoms with Gasteiger partial charge in [0.25, 0.3) is 15.9 Å². The first-order valence-electron chi connectivity index (χ1n) is 9.86. The molecule has 8 heteroatoms. The van der Waals surface area contributed by atoms with Crippen LogP contribution in [0.3, 0.4) is 0 Å². The second kappa shape index (κ2) is 9.61. The van der Waals surface area contributed by atoms with Crippen LogP contribution >= 0.6 is 0 Å². The Labute approximate surface area is 182 Å². The van der Waals surface area contributed by atoms with Crippen molar-refractivity contribution < 1.29 is 17.9 Å². The van der Waals surface area contributed by atoms with Crippen LogP contribution in [0.15, 0.2) is 77.8 Å². The van der Waals surface area contributed by atoms with Gasteiger partial charge in [0.2, 0.25) is 0 Å². The molecule has 0 saturated heterocycles. The first-order valence-corrected chi connectivity index (χ1v) is 11.3. The molecule has 7 nitrogen and oxygen atoms in total. The molecule has 1 heterocycles. The lowest BCUT2D eigenvalue weighted by Crippen LogP contribution is -2.30. The zero-order chi connectivity index (χ0) is 22.4. The second-order valence-corrected chi connectivity index (χ2v) is 8.97. The molecule has 0 fully saturated rings. The van der Waals surface area contributed by atoms with Crippen molar-refractivity contribution in [3.05, 3.63) is 78.5 Å². The fourth-order valence-electron chi connectivity index (χ4n) is 2.89. The molecule has 0 aliphatic carbocycles. The Morgan fingerprint density at radius 2 is 1.61 bits per heavy atom. The van der Waals surface area contributed by atoms with Gasteiger partial charge in [0.1, 0.15) is 11.6 Å². The fraction of sp³-hybridized carbons (Fsp3) is 0.217. The number of carbonyl (C=O) groups is 1. The third-order valence-electron chi connectivity index (χ3n) is 4.55. The number of rotatable bonds is 8. The van der Waals surface area contributed by atoms with E-state index in [0.29, 0.717) is 11.4 Å². The largest absolute Gasteiger partial charge is 0.481 e. The third kappa shape index (κ3) is 5.82. The van der Waals surface area contributed by atoms with Gasteiger partial charge in [-0.15, -0.1) is 0 Å². The smallest absolute Gasteiger partial charge is 0.265 e. The number of nitrogens with zero attached hydrogens (tertiary/aromatic N) is 1. The Morgan fingerprint density at radius 1 is 0.935 bits per heavy atom. The lowest BCUT2D eigenvalue weighted by Gasteiger charge is -2.18. The summed E-state index contributed by atoms with van der Waals surface area (Å²) in [5.74, 6) is 0.830. The van der Waals surface area contributed by atoms with Crippen molar-refractivity contribution in [2.24, 2.45) is 0 Å². The molecule has 162 valence electrons. The molecule has 0 radical (unpaired) electrons. The number of benzene rings is 2. The van der Waals surface area contributed by atoms with Gasteiger partial charge < -0.3 is 10.1 Å². The van der Waals surface area contributed by atoms with E-state index in [2.05, 4.69) is 28.9 Å². The molecule has 1 aromatic heterocycles. The van der Waals surface area contributed by atoms with Crippen LogP contribution in [0.25, 0.3) is 0 Å². The van der Waals surface area contributed by atoms with E-state index in [0.717, 1.165) is 5.56 Å². The average molecular weight is 440 g/mol. The number of para-hydroxylation sites is 1. The van der Waals surface area contributed by atoms with Crippen molar-refractivity contribution >= 4 is 27.4 Å². The fourth-order valence-corrected chi connectivity index (χ4v) is 3.90. The minimum Gasteiger partial charge on any atom is -0.481 e. The van der Waals surface area contributed by atoms with E-state index < -0.39 is 16.1 Å². The molecule has 0 unspecified atom stereocenters. The van der Waals surface area contributed by atoms with Gasteiger partial charge in [-0.3, -0.25) is 9.52 Å². The predicted octanol–water partition coefficient (Wildman–Crippen LogP) is 4.41. The zero-order valence-electron chi connectivity index (χ0n) is 17.6. The molecule has 1 atom stereocenters. The Kier molecular flexibility index (Phi) is 6.91. The highest BCUT2D eigenvalue weighted by atomic mass is 32.2. The standard InChI is InChI=1S/C23H25N3O4S/c1-16(2)20-8-4-5-9-21(20)30-17(3)23(27)25-18-11-13-19(14-12-18)31(28,29)26-22-10-6-7-15-24-22/h4-17H,1-3H3,(H,24,26)(H,25,27)/t17-/m0/s1. The molecule has 31 heavy (non-hydrogen) atoms. The van der Waals surface area contributed by atoms with Crippen molar-refractivity contribution in [3.8, 4) is 5.75 Å². The van der Waals surface area contributed by atoms with Crippen LogP contribution in [0.5, 0.6) is 5.75 Å². The minimum absolute atomic E-state index is 0.0614. The predicted molar refractivity (Wildman–Crippen MR) is 121 cm³/mol. The maximum atomic E-state index is 12.5. The van der Waals surface area contributed by atoms with Crippen LogP contribution in [0.1, 0.15) is 32.3 Å².